The molecule has 0 bridgehead atoms. The molecule has 2 aromatic rings. The second-order valence-electron chi connectivity index (χ2n) is 6.58. The lowest BCUT2D eigenvalue weighted by atomic mass is 10.1. The molecule has 148 valence electrons. The molecular formula is C19H21N3O5S. The Balaban J connectivity index is 1.93. The molecule has 1 heterocycles. The van der Waals surface area contributed by atoms with E-state index in [-0.39, 0.29) is 17.2 Å². The molecule has 0 unspecified atom stereocenters. The third kappa shape index (κ3) is 4.30. The Morgan fingerprint density at radius 3 is 2.25 bits per heavy atom. The van der Waals surface area contributed by atoms with Crippen LogP contribution in [0.25, 0.3) is 0 Å². The number of anilines is 1. The van der Waals surface area contributed by atoms with Crippen molar-refractivity contribution in [1.82, 2.24) is 4.90 Å². The number of hydrogen-bond acceptors (Lipinski definition) is 5. The van der Waals surface area contributed by atoms with Gasteiger partial charge in [0, 0.05) is 19.2 Å². The van der Waals surface area contributed by atoms with Gasteiger partial charge in [0.2, 0.25) is 0 Å². The maximum Gasteiger partial charge on any atom is 0.289 e. The molecule has 1 aliphatic rings. The molecule has 1 aliphatic heterocycles. The van der Waals surface area contributed by atoms with Crippen LogP contribution >= 0.6 is 0 Å². The van der Waals surface area contributed by atoms with Gasteiger partial charge in [-0.25, -0.2) is 8.42 Å². The number of nitrogens with zero attached hydrogens (tertiary/aromatic N) is 2. The smallest absolute Gasteiger partial charge is 0.289 e. The fourth-order valence-electron chi connectivity index (χ4n) is 3.24. The summed E-state index contributed by atoms with van der Waals surface area (Å²) >= 11 is 0. The van der Waals surface area contributed by atoms with Gasteiger partial charge >= 0.3 is 0 Å². The van der Waals surface area contributed by atoms with Crippen LogP contribution in [0, 0.1) is 10.1 Å². The normalized spacial score (nSPS) is 14.9. The van der Waals surface area contributed by atoms with Gasteiger partial charge in [0.1, 0.15) is 0 Å². The summed E-state index contributed by atoms with van der Waals surface area (Å²) in [5.74, 6) is -0.247. The van der Waals surface area contributed by atoms with Crippen LogP contribution in [-0.4, -0.2) is 37.2 Å². The van der Waals surface area contributed by atoms with Crippen molar-refractivity contribution in [3.8, 4) is 0 Å². The topological polar surface area (TPSA) is 110 Å². The molecule has 0 aromatic heterocycles. The molecule has 0 radical (unpaired) electrons. The first-order valence-corrected chi connectivity index (χ1v) is 10.5. The zero-order chi connectivity index (χ0) is 20.1. The molecule has 1 saturated heterocycles. The van der Waals surface area contributed by atoms with Crippen molar-refractivity contribution in [3.05, 3.63) is 64.2 Å². The molecule has 0 saturated carbocycles. The predicted molar refractivity (Wildman–Crippen MR) is 105 cm³/mol. The summed E-state index contributed by atoms with van der Waals surface area (Å²) in [6.07, 6.45) is 3.96. The summed E-state index contributed by atoms with van der Waals surface area (Å²) in [6, 6.07) is 11.4. The number of likely N-dealkylation sites (tertiary alicyclic amines) is 1. The van der Waals surface area contributed by atoms with Crippen molar-refractivity contribution >= 4 is 27.3 Å². The van der Waals surface area contributed by atoms with E-state index >= 15 is 0 Å². The Morgan fingerprint density at radius 2 is 1.57 bits per heavy atom. The molecule has 8 nitrogen and oxygen atoms in total. The number of benzene rings is 2. The molecule has 28 heavy (non-hydrogen) atoms. The van der Waals surface area contributed by atoms with Gasteiger partial charge in [-0.05, 0) is 31.0 Å². The van der Waals surface area contributed by atoms with Crippen molar-refractivity contribution in [2.75, 3.05) is 17.8 Å². The van der Waals surface area contributed by atoms with Crippen LogP contribution in [0.5, 0.6) is 0 Å². The van der Waals surface area contributed by atoms with Crippen molar-refractivity contribution in [1.29, 1.82) is 0 Å². The largest absolute Gasteiger partial charge is 0.339 e. The first-order valence-electron chi connectivity index (χ1n) is 9.05. The van der Waals surface area contributed by atoms with E-state index in [0.29, 0.717) is 13.1 Å². The van der Waals surface area contributed by atoms with Crippen LogP contribution in [-0.2, 0) is 10.0 Å². The zero-order valence-corrected chi connectivity index (χ0v) is 16.0. The van der Waals surface area contributed by atoms with E-state index in [1.165, 1.54) is 24.3 Å². The number of amides is 1. The van der Waals surface area contributed by atoms with E-state index in [0.717, 1.165) is 31.7 Å². The summed E-state index contributed by atoms with van der Waals surface area (Å²) in [5.41, 5.74) is -0.187. The minimum absolute atomic E-state index is 0.106. The van der Waals surface area contributed by atoms with E-state index in [9.17, 15) is 23.3 Å². The van der Waals surface area contributed by atoms with E-state index < -0.39 is 25.5 Å². The van der Waals surface area contributed by atoms with Gasteiger partial charge in [-0.3, -0.25) is 19.6 Å². The number of carbonyl (C=O) groups excluding carboxylic acids is 1. The van der Waals surface area contributed by atoms with Crippen molar-refractivity contribution in [2.24, 2.45) is 0 Å². The molecule has 1 N–H and O–H groups in total. The van der Waals surface area contributed by atoms with E-state index in [1.807, 2.05) is 0 Å². The molecule has 0 spiro atoms. The van der Waals surface area contributed by atoms with Crippen LogP contribution in [0.4, 0.5) is 11.4 Å². The number of nitro benzene ring substituents is 1. The van der Waals surface area contributed by atoms with E-state index in [1.54, 1.807) is 23.1 Å². The summed E-state index contributed by atoms with van der Waals surface area (Å²) in [4.78, 5) is 24.7. The monoisotopic (exact) mass is 403 g/mol. The Hall–Kier alpha value is -2.94. The number of rotatable bonds is 5. The van der Waals surface area contributed by atoms with Gasteiger partial charge in [-0.1, -0.05) is 37.1 Å². The highest BCUT2D eigenvalue weighted by molar-refractivity contribution is 7.92. The van der Waals surface area contributed by atoms with Crippen molar-refractivity contribution in [3.63, 3.8) is 0 Å². The summed E-state index contributed by atoms with van der Waals surface area (Å²) < 4.78 is 27.9. The number of para-hydroxylation sites is 2. The fourth-order valence-corrected chi connectivity index (χ4v) is 4.49. The molecular weight excluding hydrogens is 382 g/mol. The predicted octanol–water partition coefficient (Wildman–Crippen LogP) is 3.41. The first kappa shape index (κ1) is 19.8. The summed E-state index contributed by atoms with van der Waals surface area (Å²) in [5, 5.41) is 11.2. The summed E-state index contributed by atoms with van der Waals surface area (Å²) in [6.45, 7) is 1.26. The number of hydrogen-bond donors (Lipinski definition) is 1. The number of carbonyl (C=O) groups is 1. The average molecular weight is 403 g/mol. The third-order valence-electron chi connectivity index (χ3n) is 4.65. The van der Waals surface area contributed by atoms with Crippen molar-refractivity contribution < 1.29 is 18.1 Å². The molecule has 0 atom stereocenters. The third-order valence-corrected chi connectivity index (χ3v) is 6.06. The molecule has 9 heteroatoms. The van der Waals surface area contributed by atoms with E-state index in [4.69, 9.17) is 0 Å². The standard InChI is InChI=1S/C19H21N3O5S/c23-19(21-13-7-1-2-8-14-21)15-9-3-4-10-16(15)20-28(26,27)18-12-6-5-11-17(18)22(24)25/h3-6,9-12,20H,1-2,7-8,13-14H2. The van der Waals surface area contributed by atoms with Crippen molar-refractivity contribution in [2.45, 2.75) is 30.6 Å². The zero-order valence-electron chi connectivity index (χ0n) is 15.2. The molecule has 0 aliphatic carbocycles. The Morgan fingerprint density at radius 1 is 0.964 bits per heavy atom. The maximum atomic E-state index is 13.0. The quantitative estimate of drug-likeness (QED) is 0.608. The lowest BCUT2D eigenvalue weighted by Crippen LogP contribution is -2.32. The van der Waals surface area contributed by atoms with Crippen LogP contribution in [0.2, 0.25) is 0 Å². The lowest BCUT2D eigenvalue weighted by molar-refractivity contribution is -0.387. The second kappa shape index (κ2) is 8.39. The Kier molecular flexibility index (Phi) is 5.93. The van der Waals surface area contributed by atoms with Gasteiger partial charge in [-0.15, -0.1) is 0 Å². The van der Waals surface area contributed by atoms with Gasteiger partial charge in [-0.2, -0.15) is 0 Å². The maximum absolute atomic E-state index is 13.0. The molecule has 3 rings (SSSR count). The number of nitro groups is 1. The molecule has 2 aromatic carbocycles. The van der Waals surface area contributed by atoms with Crippen LogP contribution in [0.1, 0.15) is 36.0 Å². The number of sulfonamides is 1. The SMILES string of the molecule is O=C(c1ccccc1NS(=O)(=O)c1ccccc1[N+](=O)[O-])N1CCCCCC1. The minimum Gasteiger partial charge on any atom is -0.339 e. The molecule has 1 amide bonds. The fraction of sp³-hybridized carbons (Fsp3) is 0.316. The Bertz CT molecular complexity index is 983. The van der Waals surface area contributed by atoms with Crippen LogP contribution < -0.4 is 4.72 Å². The van der Waals surface area contributed by atoms with Gasteiger partial charge in [0.15, 0.2) is 4.90 Å². The van der Waals surface area contributed by atoms with Gasteiger partial charge < -0.3 is 4.90 Å². The first-order chi connectivity index (χ1) is 13.4. The molecule has 1 fully saturated rings. The highest BCUT2D eigenvalue weighted by atomic mass is 32.2. The highest BCUT2D eigenvalue weighted by Gasteiger charge is 2.27. The lowest BCUT2D eigenvalue weighted by Gasteiger charge is -2.22. The van der Waals surface area contributed by atoms with Crippen LogP contribution in [0.3, 0.4) is 0 Å². The highest BCUT2D eigenvalue weighted by Crippen LogP contribution is 2.27. The minimum atomic E-state index is -4.25. The van der Waals surface area contributed by atoms with Gasteiger partial charge in [0.25, 0.3) is 21.6 Å². The van der Waals surface area contributed by atoms with Crippen LogP contribution in [0.15, 0.2) is 53.4 Å². The van der Waals surface area contributed by atoms with E-state index in [2.05, 4.69) is 4.72 Å². The van der Waals surface area contributed by atoms with Gasteiger partial charge in [0.05, 0.1) is 16.2 Å². The average Bonchev–Trinajstić information content (AvgIpc) is 2.97. The Labute approximate surface area is 163 Å². The number of nitrogens with one attached hydrogen (secondary N) is 1. The second-order valence-corrected chi connectivity index (χ2v) is 8.23. The summed E-state index contributed by atoms with van der Waals surface area (Å²) in [7, 11) is -4.25.